The summed E-state index contributed by atoms with van der Waals surface area (Å²) in [6.07, 6.45) is 3.73. The number of hydrogen-bond acceptors (Lipinski definition) is 1. The van der Waals surface area contributed by atoms with Crippen molar-refractivity contribution in [1.82, 2.24) is 0 Å². The summed E-state index contributed by atoms with van der Waals surface area (Å²) in [5, 5.41) is 0. The van der Waals surface area contributed by atoms with Crippen molar-refractivity contribution in [3.05, 3.63) is 70.3 Å². The van der Waals surface area contributed by atoms with E-state index in [0.29, 0.717) is 5.92 Å². The van der Waals surface area contributed by atoms with Crippen LogP contribution < -0.4 is 0 Å². The van der Waals surface area contributed by atoms with Gasteiger partial charge < -0.3 is 0 Å². The van der Waals surface area contributed by atoms with E-state index < -0.39 is 5.41 Å². The van der Waals surface area contributed by atoms with E-state index in [1.165, 1.54) is 30.4 Å². The van der Waals surface area contributed by atoms with E-state index in [4.69, 9.17) is 0 Å². The van der Waals surface area contributed by atoms with Gasteiger partial charge in [0.2, 0.25) is 0 Å². The van der Waals surface area contributed by atoms with Crippen LogP contribution in [0.1, 0.15) is 94.5 Å². The standard InChI is InChI=1S/C27H32O/c1-7-22-16-17-26(3,4)25-18-21(12-15-24(22)25)9-8-20-10-13-23(14-11-20)27(5,6)19(2)28/h10-15,18,22H,7,16-17H2,1-6H3. The van der Waals surface area contributed by atoms with Gasteiger partial charge in [0.25, 0.3) is 0 Å². The van der Waals surface area contributed by atoms with Crippen LogP contribution in [0.2, 0.25) is 0 Å². The lowest BCUT2D eigenvalue weighted by Crippen LogP contribution is -2.26. The van der Waals surface area contributed by atoms with Crippen LogP contribution in [0.25, 0.3) is 0 Å². The molecule has 146 valence electrons. The van der Waals surface area contributed by atoms with E-state index in [1.54, 1.807) is 6.92 Å². The van der Waals surface area contributed by atoms with Gasteiger partial charge in [0.1, 0.15) is 5.78 Å². The quantitative estimate of drug-likeness (QED) is 0.561. The fraction of sp³-hybridized carbons (Fsp3) is 0.444. The number of Topliss-reactive ketones (excluding diaryl/α,β-unsaturated/α-hetero) is 1. The molecule has 0 saturated carbocycles. The van der Waals surface area contributed by atoms with Crippen molar-refractivity contribution in [2.45, 2.75) is 77.6 Å². The first-order chi connectivity index (χ1) is 13.1. The highest BCUT2D eigenvalue weighted by atomic mass is 16.1. The Hall–Kier alpha value is -2.33. The average molecular weight is 373 g/mol. The van der Waals surface area contributed by atoms with E-state index in [-0.39, 0.29) is 11.2 Å². The Morgan fingerprint density at radius 3 is 2.29 bits per heavy atom. The second kappa shape index (κ2) is 7.59. The Morgan fingerprint density at radius 2 is 1.68 bits per heavy atom. The first kappa shape index (κ1) is 20.4. The summed E-state index contributed by atoms with van der Waals surface area (Å²) in [4.78, 5) is 11.8. The number of fused-ring (bicyclic) bond motifs is 1. The van der Waals surface area contributed by atoms with Gasteiger partial charge in [0.05, 0.1) is 0 Å². The number of hydrogen-bond donors (Lipinski definition) is 0. The Balaban J connectivity index is 1.88. The van der Waals surface area contributed by atoms with E-state index >= 15 is 0 Å². The van der Waals surface area contributed by atoms with Crippen molar-refractivity contribution >= 4 is 5.78 Å². The molecule has 0 heterocycles. The fourth-order valence-corrected chi connectivity index (χ4v) is 4.14. The predicted octanol–water partition coefficient (Wildman–Crippen LogP) is 6.52. The molecule has 2 aromatic rings. The van der Waals surface area contributed by atoms with Gasteiger partial charge in [0, 0.05) is 16.5 Å². The minimum absolute atomic E-state index is 0.174. The van der Waals surface area contributed by atoms with Crippen molar-refractivity contribution in [1.29, 1.82) is 0 Å². The third kappa shape index (κ3) is 3.93. The summed E-state index contributed by atoms with van der Waals surface area (Å²) >= 11 is 0. The van der Waals surface area contributed by atoms with Crippen LogP contribution in [0.3, 0.4) is 0 Å². The van der Waals surface area contributed by atoms with Crippen LogP contribution in [0.4, 0.5) is 0 Å². The summed E-state index contributed by atoms with van der Waals surface area (Å²) in [5.74, 6) is 7.50. The molecule has 0 saturated heterocycles. The molecule has 0 fully saturated rings. The maximum Gasteiger partial charge on any atom is 0.139 e. The van der Waals surface area contributed by atoms with Crippen LogP contribution in [-0.4, -0.2) is 5.78 Å². The third-order valence-corrected chi connectivity index (χ3v) is 6.67. The molecule has 3 rings (SSSR count). The first-order valence-corrected chi connectivity index (χ1v) is 10.4. The van der Waals surface area contributed by atoms with Gasteiger partial charge in [-0.15, -0.1) is 0 Å². The summed E-state index contributed by atoms with van der Waals surface area (Å²) in [6.45, 7) is 12.6. The lowest BCUT2D eigenvalue weighted by Gasteiger charge is -2.37. The monoisotopic (exact) mass is 372 g/mol. The van der Waals surface area contributed by atoms with Crippen LogP contribution in [0, 0.1) is 11.8 Å². The van der Waals surface area contributed by atoms with Gasteiger partial charge in [0.15, 0.2) is 0 Å². The van der Waals surface area contributed by atoms with Gasteiger partial charge in [-0.3, -0.25) is 4.79 Å². The number of ketones is 1. The molecule has 0 aromatic heterocycles. The molecular formula is C27H32O. The van der Waals surface area contributed by atoms with Gasteiger partial charge in [-0.2, -0.15) is 0 Å². The van der Waals surface area contributed by atoms with Gasteiger partial charge in [-0.05, 0) is 92.3 Å². The van der Waals surface area contributed by atoms with Crippen molar-refractivity contribution in [2.24, 2.45) is 0 Å². The van der Waals surface area contributed by atoms with Crippen LogP contribution in [0.15, 0.2) is 42.5 Å². The van der Waals surface area contributed by atoms with Crippen molar-refractivity contribution in [2.75, 3.05) is 0 Å². The smallest absolute Gasteiger partial charge is 0.139 e. The largest absolute Gasteiger partial charge is 0.299 e. The molecular weight excluding hydrogens is 340 g/mol. The first-order valence-electron chi connectivity index (χ1n) is 10.4. The van der Waals surface area contributed by atoms with E-state index in [2.05, 4.69) is 50.8 Å². The van der Waals surface area contributed by atoms with Crippen molar-refractivity contribution in [3.8, 4) is 11.8 Å². The highest BCUT2D eigenvalue weighted by Crippen LogP contribution is 2.44. The molecule has 1 unspecified atom stereocenters. The zero-order chi connectivity index (χ0) is 20.5. The zero-order valence-corrected chi connectivity index (χ0v) is 18.1. The van der Waals surface area contributed by atoms with Crippen LogP contribution in [0.5, 0.6) is 0 Å². The molecule has 1 aliphatic carbocycles. The topological polar surface area (TPSA) is 17.1 Å². The molecule has 0 amide bonds. The Bertz CT molecular complexity index is 932. The Labute approximate surface area is 170 Å². The molecule has 2 aromatic carbocycles. The van der Waals surface area contributed by atoms with E-state index in [0.717, 1.165) is 16.7 Å². The highest BCUT2D eigenvalue weighted by Gasteiger charge is 2.31. The van der Waals surface area contributed by atoms with Gasteiger partial charge >= 0.3 is 0 Å². The minimum Gasteiger partial charge on any atom is -0.299 e. The highest BCUT2D eigenvalue weighted by molar-refractivity contribution is 5.87. The summed E-state index contributed by atoms with van der Waals surface area (Å²) in [7, 11) is 0. The second-order valence-electron chi connectivity index (χ2n) is 9.34. The molecule has 0 N–H and O–H groups in total. The molecule has 0 bridgehead atoms. The molecule has 1 aliphatic rings. The lowest BCUT2D eigenvalue weighted by atomic mass is 9.68. The maximum absolute atomic E-state index is 11.8. The summed E-state index contributed by atoms with van der Waals surface area (Å²) in [5.41, 5.74) is 5.84. The second-order valence-corrected chi connectivity index (χ2v) is 9.34. The Morgan fingerprint density at radius 1 is 1.07 bits per heavy atom. The summed E-state index contributed by atoms with van der Waals surface area (Å²) < 4.78 is 0. The molecule has 1 atom stereocenters. The van der Waals surface area contributed by atoms with Gasteiger partial charge in [-0.1, -0.05) is 50.8 Å². The Kier molecular flexibility index (Phi) is 5.53. The number of carbonyl (C=O) groups is 1. The minimum atomic E-state index is -0.453. The van der Waals surface area contributed by atoms with Crippen LogP contribution >= 0.6 is 0 Å². The average Bonchev–Trinajstić information content (AvgIpc) is 2.67. The van der Waals surface area contributed by atoms with E-state index in [1.807, 2.05) is 38.1 Å². The van der Waals surface area contributed by atoms with Crippen molar-refractivity contribution < 1.29 is 4.79 Å². The number of rotatable bonds is 3. The maximum atomic E-state index is 11.8. The summed E-state index contributed by atoms with van der Waals surface area (Å²) in [6, 6.07) is 14.8. The van der Waals surface area contributed by atoms with Gasteiger partial charge in [-0.25, -0.2) is 0 Å². The zero-order valence-electron chi connectivity index (χ0n) is 18.1. The number of benzene rings is 2. The molecule has 0 spiro atoms. The third-order valence-electron chi connectivity index (χ3n) is 6.67. The lowest BCUT2D eigenvalue weighted by molar-refractivity contribution is -0.121. The van der Waals surface area contributed by atoms with Crippen molar-refractivity contribution in [3.63, 3.8) is 0 Å². The molecule has 1 heteroatoms. The molecule has 28 heavy (non-hydrogen) atoms. The normalized spacial score (nSPS) is 18.0. The fourth-order valence-electron chi connectivity index (χ4n) is 4.14. The molecule has 0 radical (unpaired) electrons. The van der Waals surface area contributed by atoms with Crippen LogP contribution in [-0.2, 0) is 15.6 Å². The molecule has 1 nitrogen and oxygen atoms in total. The predicted molar refractivity (Wildman–Crippen MR) is 118 cm³/mol. The number of carbonyl (C=O) groups excluding carboxylic acids is 1. The van der Waals surface area contributed by atoms with E-state index in [9.17, 15) is 4.79 Å². The SMILES string of the molecule is CCC1CCC(C)(C)c2cc(C#Cc3ccc(C(C)(C)C(C)=O)cc3)ccc21. The molecule has 0 aliphatic heterocycles.